The minimum Gasteiger partial charge on any atom is -0.405 e. The first kappa shape index (κ1) is 20.8. The van der Waals surface area contributed by atoms with Crippen LogP contribution >= 0.6 is 0 Å². The first-order chi connectivity index (χ1) is 14.8. The van der Waals surface area contributed by atoms with Crippen molar-refractivity contribution in [3.63, 3.8) is 0 Å². The van der Waals surface area contributed by atoms with Gasteiger partial charge in [0.2, 0.25) is 0 Å². The zero-order valence-electron chi connectivity index (χ0n) is 17.2. The summed E-state index contributed by atoms with van der Waals surface area (Å²) < 4.78 is 55.1. The van der Waals surface area contributed by atoms with Gasteiger partial charge in [-0.05, 0) is 68.9 Å². The van der Waals surface area contributed by atoms with Crippen molar-refractivity contribution in [1.82, 2.24) is 5.16 Å². The molecule has 5 nitrogen and oxygen atoms in total. The lowest BCUT2D eigenvalue weighted by molar-refractivity contribution is -0.274. The molecule has 1 aromatic carbocycles. The van der Waals surface area contributed by atoms with Gasteiger partial charge >= 0.3 is 6.36 Å². The minimum atomic E-state index is -4.79. The molecule has 1 N–H and O–H groups in total. The van der Waals surface area contributed by atoms with Crippen LogP contribution in [0.1, 0.15) is 68.6 Å². The lowest BCUT2D eigenvalue weighted by Gasteiger charge is -2.52. The first-order valence-corrected chi connectivity index (χ1v) is 10.9. The predicted molar refractivity (Wildman–Crippen MR) is 105 cm³/mol. The van der Waals surface area contributed by atoms with Crippen molar-refractivity contribution in [3.8, 4) is 17.0 Å². The molecule has 168 valence electrons. The zero-order valence-corrected chi connectivity index (χ0v) is 17.2. The molecule has 0 radical (unpaired) electrons. The molecule has 8 heteroatoms. The van der Waals surface area contributed by atoms with Gasteiger partial charge in [-0.15, -0.1) is 13.2 Å². The Kier molecular flexibility index (Phi) is 5.05. The summed E-state index contributed by atoms with van der Waals surface area (Å²) in [7, 11) is 0. The number of nitrogens with zero attached hydrogens (tertiary/aromatic N) is 1. The van der Waals surface area contributed by atoms with Crippen molar-refractivity contribution in [2.45, 2.75) is 75.9 Å². The van der Waals surface area contributed by atoms with Crippen LogP contribution < -0.4 is 4.74 Å². The molecule has 4 saturated carbocycles. The highest BCUT2D eigenvalue weighted by atomic mass is 19.4. The van der Waals surface area contributed by atoms with E-state index in [4.69, 9.17) is 9.26 Å². The third-order valence-electron chi connectivity index (χ3n) is 7.33. The highest BCUT2D eigenvalue weighted by Crippen LogP contribution is 2.54. The van der Waals surface area contributed by atoms with E-state index >= 15 is 0 Å². The number of aliphatic hydroxyl groups excluding tert-OH is 1. The number of hydrogen-bond donors (Lipinski definition) is 1. The second-order valence-electron chi connectivity index (χ2n) is 9.32. The molecule has 0 spiro atoms. The lowest BCUT2D eigenvalue weighted by atomic mass is 9.59. The quantitative estimate of drug-likeness (QED) is 0.600. The van der Waals surface area contributed by atoms with Crippen LogP contribution in [0.3, 0.4) is 0 Å². The van der Waals surface area contributed by atoms with Gasteiger partial charge in [0.1, 0.15) is 17.2 Å². The summed E-state index contributed by atoms with van der Waals surface area (Å²) in [5.74, 6) is 0.658. The van der Waals surface area contributed by atoms with Crippen LogP contribution in [-0.4, -0.2) is 28.8 Å². The molecule has 0 aliphatic heterocycles. The fourth-order valence-corrected chi connectivity index (χ4v) is 5.12. The summed E-state index contributed by atoms with van der Waals surface area (Å²) in [6.07, 6.45) is 2.66. The molecule has 0 atom stereocenters. The van der Waals surface area contributed by atoms with Crippen LogP contribution in [0.2, 0.25) is 0 Å². The second-order valence-corrected chi connectivity index (χ2v) is 9.32. The van der Waals surface area contributed by atoms with E-state index in [1.54, 1.807) is 12.1 Å². The predicted octanol–water partition coefficient (Wildman–Crippen LogP) is 5.72. The molecule has 31 heavy (non-hydrogen) atoms. The molecule has 4 fully saturated rings. The average Bonchev–Trinajstić information content (AvgIpc) is 3.52. The third-order valence-corrected chi connectivity index (χ3v) is 7.33. The van der Waals surface area contributed by atoms with Gasteiger partial charge in [0, 0.05) is 23.7 Å². The second kappa shape index (κ2) is 7.52. The number of aliphatic hydroxyl groups is 1. The molecule has 0 unspecified atom stereocenters. The number of fused-ring (bicyclic) bond motifs is 3. The number of aromatic nitrogens is 1. The summed E-state index contributed by atoms with van der Waals surface area (Å²) in [4.78, 5) is 0. The molecule has 2 aromatic rings. The van der Waals surface area contributed by atoms with E-state index in [1.165, 1.54) is 12.1 Å². The number of halogens is 3. The Morgan fingerprint density at radius 2 is 1.74 bits per heavy atom. The van der Waals surface area contributed by atoms with Gasteiger partial charge in [0.05, 0.1) is 12.2 Å². The van der Waals surface area contributed by atoms with Crippen molar-refractivity contribution in [2.24, 2.45) is 5.41 Å². The normalized spacial score (nSPS) is 28.1. The van der Waals surface area contributed by atoms with E-state index in [1.807, 2.05) is 0 Å². The van der Waals surface area contributed by atoms with E-state index in [0.29, 0.717) is 11.5 Å². The first-order valence-electron chi connectivity index (χ1n) is 10.9. The Morgan fingerprint density at radius 3 is 2.35 bits per heavy atom. The summed E-state index contributed by atoms with van der Waals surface area (Å²) in [5, 5.41) is 13.9. The maximum atomic E-state index is 12.9. The number of alkyl halides is 3. The van der Waals surface area contributed by atoms with Gasteiger partial charge in [-0.1, -0.05) is 17.3 Å². The van der Waals surface area contributed by atoms with Gasteiger partial charge in [0.25, 0.3) is 0 Å². The fraction of sp³-hybridized carbons (Fsp3) is 0.609. The number of benzene rings is 1. The molecule has 6 rings (SSSR count). The molecule has 0 saturated heterocycles. The highest BCUT2D eigenvalue weighted by Gasteiger charge is 2.49. The monoisotopic (exact) mass is 437 g/mol. The zero-order chi connectivity index (χ0) is 21.7. The fourth-order valence-electron chi connectivity index (χ4n) is 5.12. The minimum absolute atomic E-state index is 0.0422. The molecule has 4 aliphatic carbocycles. The summed E-state index contributed by atoms with van der Waals surface area (Å²) in [6, 6.07) is 6.01. The Bertz CT molecular complexity index is 926. The highest BCUT2D eigenvalue weighted by molar-refractivity contribution is 5.70. The molecule has 4 aliphatic rings. The molecule has 1 heterocycles. The number of hydrogen-bond acceptors (Lipinski definition) is 5. The Morgan fingerprint density at radius 1 is 1.06 bits per heavy atom. The van der Waals surface area contributed by atoms with Gasteiger partial charge in [-0.3, -0.25) is 0 Å². The molecular formula is C23H26F3NO4. The molecule has 2 bridgehead atoms. The van der Waals surface area contributed by atoms with E-state index in [2.05, 4.69) is 9.89 Å². The summed E-state index contributed by atoms with van der Waals surface area (Å²) in [5.41, 5.74) is 1.13. The van der Waals surface area contributed by atoms with Crippen molar-refractivity contribution in [1.29, 1.82) is 0 Å². The smallest absolute Gasteiger partial charge is 0.405 e. The largest absolute Gasteiger partial charge is 0.573 e. The van der Waals surface area contributed by atoms with Gasteiger partial charge < -0.3 is 19.1 Å². The Labute approximate surface area is 178 Å². The van der Waals surface area contributed by atoms with E-state index in [-0.39, 0.29) is 41.5 Å². The van der Waals surface area contributed by atoms with E-state index in [9.17, 15) is 18.3 Å². The molecule has 0 amide bonds. The van der Waals surface area contributed by atoms with Crippen molar-refractivity contribution < 1.29 is 32.3 Å². The maximum absolute atomic E-state index is 12.9. The van der Waals surface area contributed by atoms with Gasteiger partial charge in [-0.25, -0.2) is 0 Å². The topological polar surface area (TPSA) is 64.7 Å². The number of rotatable bonds is 7. The molecule has 1 aromatic heterocycles. The van der Waals surface area contributed by atoms with Gasteiger partial charge in [-0.2, -0.15) is 0 Å². The summed E-state index contributed by atoms with van der Waals surface area (Å²) in [6.45, 7) is 0.470. The van der Waals surface area contributed by atoms with Crippen LogP contribution in [0.15, 0.2) is 28.8 Å². The van der Waals surface area contributed by atoms with Crippen LogP contribution in [0.25, 0.3) is 11.3 Å². The lowest BCUT2D eigenvalue weighted by Crippen LogP contribution is -2.49. The van der Waals surface area contributed by atoms with Crippen LogP contribution in [0, 0.1) is 5.41 Å². The standard InChI is InChI=1S/C23H26F3NO4/c24-23(25,26)30-18-4-2-1-3-16(18)19-17(20(31-27-19)15-5-6-15)13-29-22-10-7-21(14-28,8-11-22)9-12-22/h1-4,15,28H,5-14H2. The Balaban J connectivity index is 1.42. The summed E-state index contributed by atoms with van der Waals surface area (Å²) >= 11 is 0. The maximum Gasteiger partial charge on any atom is 0.573 e. The van der Waals surface area contributed by atoms with Crippen molar-refractivity contribution in [3.05, 3.63) is 35.6 Å². The van der Waals surface area contributed by atoms with E-state index < -0.39 is 6.36 Å². The van der Waals surface area contributed by atoms with Gasteiger partial charge in [0.15, 0.2) is 0 Å². The average molecular weight is 437 g/mol. The van der Waals surface area contributed by atoms with E-state index in [0.717, 1.165) is 56.9 Å². The third kappa shape index (κ3) is 4.07. The van der Waals surface area contributed by atoms with Crippen molar-refractivity contribution in [2.75, 3.05) is 6.61 Å². The van der Waals surface area contributed by atoms with Crippen LogP contribution in [0.5, 0.6) is 5.75 Å². The van der Waals surface area contributed by atoms with Crippen LogP contribution in [0.4, 0.5) is 13.2 Å². The number of ether oxygens (including phenoxy) is 2. The van der Waals surface area contributed by atoms with Crippen molar-refractivity contribution >= 4 is 0 Å². The Hall–Kier alpha value is -2.06. The van der Waals surface area contributed by atoms with Crippen LogP contribution in [-0.2, 0) is 11.3 Å². The molecular weight excluding hydrogens is 411 g/mol. The number of para-hydroxylation sites is 1. The SMILES string of the molecule is OCC12CCC(OCc3c(-c4ccccc4OC(F)(F)F)noc3C3CC3)(CC1)CC2.